The number of carbonyl (C=O) groups is 2. The number of carbonyl (C=O) groups excluding carboxylic acids is 2. The van der Waals surface area contributed by atoms with E-state index < -0.39 is 36.5 Å². The van der Waals surface area contributed by atoms with Crippen LogP contribution in [0, 0.1) is 22.7 Å². The van der Waals surface area contributed by atoms with Gasteiger partial charge in [-0.25, -0.2) is 8.78 Å². The van der Waals surface area contributed by atoms with Gasteiger partial charge in [-0.1, -0.05) is 47.5 Å². The van der Waals surface area contributed by atoms with Crippen molar-refractivity contribution in [2.75, 3.05) is 26.4 Å². The van der Waals surface area contributed by atoms with Gasteiger partial charge in [0.15, 0.2) is 12.3 Å². The Balaban J connectivity index is 0.000000413. The molecule has 17 heteroatoms. The van der Waals surface area contributed by atoms with Gasteiger partial charge in [0.1, 0.15) is 73.8 Å². The number of halogens is 4. The second kappa shape index (κ2) is 27.5. The molecule has 0 aliphatic rings. The minimum absolute atomic E-state index is 0. The molecule has 12 nitrogen and oxygen atoms in total. The normalized spacial score (nSPS) is 12.6. The van der Waals surface area contributed by atoms with Crippen LogP contribution in [0.2, 0.25) is 10.0 Å². The van der Waals surface area contributed by atoms with Crippen LogP contribution < -0.4 is 29.2 Å². The fraction of sp³-hybridized carbons (Fsp3) is 0.364. The van der Waals surface area contributed by atoms with Gasteiger partial charge in [-0.3, -0.25) is 0 Å². The van der Waals surface area contributed by atoms with Crippen molar-refractivity contribution in [1.29, 1.82) is 10.5 Å². The van der Waals surface area contributed by atoms with Crippen molar-refractivity contribution in [3.8, 4) is 35.1 Å². The summed E-state index contributed by atoms with van der Waals surface area (Å²) >= 11 is 11.6. The Morgan fingerprint density at radius 2 is 0.967 bits per heavy atom. The van der Waals surface area contributed by atoms with Gasteiger partial charge in [0.25, 0.3) is 0 Å². The molecule has 0 fully saturated rings. The smallest absolute Gasteiger partial charge is 0.547 e. The summed E-state index contributed by atoms with van der Waals surface area (Å²) in [5, 5.41) is 41.4. The van der Waals surface area contributed by atoms with E-state index in [2.05, 4.69) is 0 Å². The molecular weight excluding hydrogens is 865 g/mol. The van der Waals surface area contributed by atoms with Gasteiger partial charge in [0, 0.05) is 22.9 Å². The third-order valence-corrected chi connectivity index (χ3v) is 8.33. The molecule has 4 rings (SSSR count). The molecule has 2 unspecified atom stereocenters. The maximum Gasteiger partial charge on any atom is 2.00 e. The fourth-order valence-corrected chi connectivity index (χ4v) is 5.59. The van der Waals surface area contributed by atoms with E-state index in [4.69, 9.17) is 62.1 Å². The van der Waals surface area contributed by atoms with E-state index in [1.54, 1.807) is 88.4 Å². The number of ether oxygens (including phenoxy) is 6. The molecule has 61 heavy (non-hydrogen) atoms. The average molecular weight is 910 g/mol. The van der Waals surface area contributed by atoms with Crippen molar-refractivity contribution in [1.82, 2.24) is 0 Å². The van der Waals surface area contributed by atoms with Crippen molar-refractivity contribution < 1.29 is 57.0 Å². The Morgan fingerprint density at radius 3 is 1.30 bits per heavy atom. The third-order valence-electron chi connectivity index (χ3n) is 7.86. The Kier molecular flexibility index (Phi) is 23.8. The van der Waals surface area contributed by atoms with Crippen molar-refractivity contribution >= 4 is 72.9 Å². The Hall–Kier alpha value is -4.38. The van der Waals surface area contributed by atoms with Crippen LogP contribution in [0.15, 0.2) is 84.9 Å². The minimum atomic E-state index is -1.45. The number of rotatable bonds is 22. The summed E-state index contributed by atoms with van der Waals surface area (Å²) in [5.74, 6) is -1.33. The molecule has 0 heterocycles. The number of benzene rings is 4. The van der Waals surface area contributed by atoms with Gasteiger partial charge < -0.3 is 48.2 Å². The van der Waals surface area contributed by atoms with Gasteiger partial charge in [-0.15, -0.1) is 0 Å². The predicted molar refractivity (Wildman–Crippen MR) is 220 cm³/mol. The van der Waals surface area contributed by atoms with Gasteiger partial charge in [-0.05, 0) is 99.5 Å². The van der Waals surface area contributed by atoms with E-state index >= 15 is 0 Å². The molecule has 4 atom stereocenters. The molecule has 0 saturated heterocycles. The molecule has 0 saturated carbocycles. The molecule has 0 bridgehead atoms. The van der Waals surface area contributed by atoms with Crippen molar-refractivity contribution in [2.45, 2.75) is 77.3 Å². The molecule has 0 N–H and O–H groups in total. The second-order valence-corrected chi connectivity index (χ2v) is 14.5. The molecule has 0 amide bonds. The summed E-state index contributed by atoms with van der Waals surface area (Å²) in [6.07, 6.45) is -5.38. The van der Waals surface area contributed by atoms with Crippen LogP contribution in [0.25, 0.3) is 0 Å². The first-order valence-electron chi connectivity index (χ1n) is 18.7. The van der Waals surface area contributed by atoms with Crippen LogP contribution in [0.4, 0.5) is 8.78 Å². The topological polar surface area (TPSA) is 183 Å². The molecule has 0 aliphatic carbocycles. The second-order valence-electron chi connectivity index (χ2n) is 13.6. The van der Waals surface area contributed by atoms with E-state index in [1.165, 1.54) is 24.3 Å². The first-order valence-corrected chi connectivity index (χ1v) is 19.4. The first-order chi connectivity index (χ1) is 28.6. The zero-order valence-corrected chi connectivity index (χ0v) is 37.7. The average Bonchev–Trinajstić information content (AvgIpc) is 3.20. The summed E-state index contributed by atoms with van der Waals surface area (Å²) in [4.78, 5) is 22.5. The molecular formula is C44H44CaCl2F2N2O10. The molecule has 0 aromatic heterocycles. The number of nitrogens with zero attached hydrogens (tertiary/aromatic N) is 2. The summed E-state index contributed by atoms with van der Waals surface area (Å²) in [6.45, 7) is 5.81. The summed E-state index contributed by atoms with van der Waals surface area (Å²) in [5.41, 5.74) is 1.76. The maximum atomic E-state index is 14.2. The van der Waals surface area contributed by atoms with Crippen LogP contribution in [0.5, 0.6) is 23.0 Å². The van der Waals surface area contributed by atoms with Gasteiger partial charge in [-0.2, -0.15) is 10.5 Å². The number of carboxylic acids is 2. The summed E-state index contributed by atoms with van der Waals surface area (Å²) < 4.78 is 60.7. The fourth-order valence-electron chi connectivity index (χ4n) is 5.24. The van der Waals surface area contributed by atoms with E-state index in [0.717, 1.165) is 0 Å². The predicted octanol–water partition coefficient (Wildman–Crippen LogP) is 5.81. The molecule has 320 valence electrons. The third kappa shape index (κ3) is 19.9. The zero-order chi connectivity index (χ0) is 44.2. The van der Waals surface area contributed by atoms with Gasteiger partial charge in [0.2, 0.25) is 0 Å². The summed E-state index contributed by atoms with van der Waals surface area (Å²) in [7, 11) is 0. The monoisotopic (exact) mass is 908 g/mol. The molecule has 4 aromatic rings. The Bertz CT molecular complexity index is 1950. The SMILES string of the molecule is CC(C)OC(Cc1cccc(OC[C@H](F)COc2ccc(Cl)cc2C#N)c1)C(=O)[O-].CC(C)OC(Cc1cccc(OC[C@H](F)COc2ccc(Cl)cc2C#N)c1)C(=O)[O-].[Ca+2]. The Labute approximate surface area is 393 Å². The number of carboxylic acid groups (broad SMARTS) is 2. The van der Waals surface area contributed by atoms with Crippen LogP contribution in [0.1, 0.15) is 49.9 Å². The molecule has 0 spiro atoms. The molecule has 4 aromatic carbocycles. The van der Waals surface area contributed by atoms with E-state index in [0.29, 0.717) is 32.7 Å². The number of nitriles is 2. The van der Waals surface area contributed by atoms with Gasteiger partial charge in [0.05, 0.1) is 35.3 Å². The Morgan fingerprint density at radius 1 is 0.607 bits per heavy atom. The van der Waals surface area contributed by atoms with Crippen molar-refractivity contribution in [3.63, 3.8) is 0 Å². The largest absolute Gasteiger partial charge is 2.00 e. The maximum absolute atomic E-state index is 14.2. The van der Waals surface area contributed by atoms with E-state index in [9.17, 15) is 28.6 Å². The number of alkyl halides is 2. The van der Waals surface area contributed by atoms with Crippen molar-refractivity contribution in [2.24, 2.45) is 0 Å². The van der Waals surface area contributed by atoms with E-state index in [-0.39, 0.29) is 112 Å². The van der Waals surface area contributed by atoms with Gasteiger partial charge >= 0.3 is 37.7 Å². The van der Waals surface area contributed by atoms with Crippen LogP contribution in [-0.2, 0) is 31.9 Å². The standard InChI is InChI=1S/2C22H23ClFNO5.Ca/c2*1-14(2)30-21(22(26)27)9-15-4-3-5-19(8-15)28-12-18(24)13-29-20-7-6-17(23)10-16(20)11-25;/h2*3-8,10,14,18,21H,9,12-13H2,1-2H3,(H,26,27);/q;;+2/p-2/t2*18-,21?;/m00./s1. The van der Waals surface area contributed by atoms with Crippen LogP contribution in [0.3, 0.4) is 0 Å². The number of hydrogen-bond acceptors (Lipinski definition) is 12. The van der Waals surface area contributed by atoms with Crippen LogP contribution >= 0.6 is 23.2 Å². The summed E-state index contributed by atoms with van der Waals surface area (Å²) in [6, 6.07) is 26.2. The molecule has 0 aliphatic heterocycles. The first kappa shape index (κ1) is 52.8. The quantitative estimate of drug-likeness (QED) is 0.0865. The number of hydrogen-bond donors (Lipinski definition) is 0. The van der Waals surface area contributed by atoms with Crippen molar-refractivity contribution in [3.05, 3.63) is 117 Å². The number of aliphatic carboxylic acids is 2. The molecule has 0 radical (unpaired) electrons. The van der Waals surface area contributed by atoms with E-state index in [1.807, 2.05) is 12.1 Å². The minimum Gasteiger partial charge on any atom is -0.547 e. The van der Waals surface area contributed by atoms with Crippen LogP contribution in [-0.4, -0.2) is 113 Å². The zero-order valence-electron chi connectivity index (χ0n) is 34.0.